The quantitative estimate of drug-likeness (QED) is 0.685. The van der Waals surface area contributed by atoms with Gasteiger partial charge in [-0.1, -0.05) is 19.3 Å². The molecule has 0 radical (unpaired) electrons. The van der Waals surface area contributed by atoms with Gasteiger partial charge in [0.1, 0.15) is 5.82 Å². The van der Waals surface area contributed by atoms with Crippen molar-refractivity contribution in [1.29, 1.82) is 0 Å². The van der Waals surface area contributed by atoms with Crippen LogP contribution in [0, 0.1) is 12.8 Å². The zero-order chi connectivity index (χ0) is 19.1. The first kappa shape index (κ1) is 20.2. The van der Waals surface area contributed by atoms with E-state index in [0.29, 0.717) is 25.7 Å². The van der Waals surface area contributed by atoms with Crippen molar-refractivity contribution >= 4 is 5.91 Å². The van der Waals surface area contributed by atoms with E-state index < -0.39 is 0 Å². The van der Waals surface area contributed by atoms with Gasteiger partial charge in [0, 0.05) is 43.8 Å². The van der Waals surface area contributed by atoms with Gasteiger partial charge in [0.2, 0.25) is 5.91 Å². The number of methoxy groups -OCH3 is 1. The third kappa shape index (κ3) is 5.48. The van der Waals surface area contributed by atoms with E-state index >= 15 is 0 Å². The lowest BCUT2D eigenvalue weighted by Gasteiger charge is -2.36. The fourth-order valence-electron chi connectivity index (χ4n) is 4.31. The van der Waals surface area contributed by atoms with Gasteiger partial charge in [-0.25, -0.2) is 9.97 Å². The standard InChI is InChI=1S/C21H33N3O3/c1-16-22-13-19(15-27-12-11-26-2)20(23-16)18-9-6-10-24(14-18)21(25)17-7-4-3-5-8-17/h13,17-18H,3-12,14-15H2,1-2H3. The number of carbonyl (C=O) groups excluding carboxylic acids is 1. The molecule has 2 aliphatic rings. The highest BCUT2D eigenvalue weighted by Gasteiger charge is 2.31. The highest BCUT2D eigenvalue weighted by atomic mass is 16.5. The van der Waals surface area contributed by atoms with Crippen molar-refractivity contribution in [2.75, 3.05) is 33.4 Å². The minimum Gasteiger partial charge on any atom is -0.382 e. The smallest absolute Gasteiger partial charge is 0.225 e. The van der Waals surface area contributed by atoms with E-state index in [1.807, 2.05) is 13.1 Å². The van der Waals surface area contributed by atoms with Crippen LogP contribution in [0.15, 0.2) is 6.20 Å². The molecule has 2 fully saturated rings. The van der Waals surface area contributed by atoms with E-state index in [1.54, 1.807) is 7.11 Å². The Hall–Kier alpha value is -1.53. The molecule has 6 heteroatoms. The van der Waals surface area contributed by atoms with Crippen LogP contribution in [0.4, 0.5) is 0 Å². The molecule has 6 nitrogen and oxygen atoms in total. The molecule has 0 spiro atoms. The van der Waals surface area contributed by atoms with Crippen molar-refractivity contribution in [2.24, 2.45) is 5.92 Å². The van der Waals surface area contributed by atoms with Crippen LogP contribution in [-0.4, -0.2) is 54.2 Å². The zero-order valence-corrected chi connectivity index (χ0v) is 16.8. The molecule has 1 saturated heterocycles. The Morgan fingerprint density at radius 2 is 2.00 bits per heavy atom. The summed E-state index contributed by atoms with van der Waals surface area (Å²) in [6.07, 6.45) is 9.78. The maximum atomic E-state index is 13.0. The summed E-state index contributed by atoms with van der Waals surface area (Å²) in [6, 6.07) is 0. The summed E-state index contributed by atoms with van der Waals surface area (Å²) >= 11 is 0. The molecular formula is C21H33N3O3. The monoisotopic (exact) mass is 375 g/mol. The van der Waals surface area contributed by atoms with Crippen LogP contribution in [0.1, 0.15) is 67.9 Å². The molecule has 1 aliphatic carbocycles. The van der Waals surface area contributed by atoms with Crippen molar-refractivity contribution in [2.45, 2.75) is 64.4 Å². The molecule has 1 saturated carbocycles. The molecule has 0 N–H and O–H groups in total. The second-order valence-electron chi connectivity index (χ2n) is 7.83. The van der Waals surface area contributed by atoms with Crippen LogP contribution in [0.5, 0.6) is 0 Å². The second kappa shape index (κ2) is 10.1. The lowest BCUT2D eigenvalue weighted by atomic mass is 9.86. The number of hydrogen-bond donors (Lipinski definition) is 0. The van der Waals surface area contributed by atoms with Crippen molar-refractivity contribution < 1.29 is 14.3 Å². The molecular weight excluding hydrogens is 342 g/mol. The number of likely N-dealkylation sites (tertiary alicyclic amines) is 1. The van der Waals surface area contributed by atoms with Crippen LogP contribution < -0.4 is 0 Å². The van der Waals surface area contributed by atoms with Gasteiger partial charge >= 0.3 is 0 Å². The van der Waals surface area contributed by atoms with Gasteiger partial charge in [-0.2, -0.15) is 0 Å². The number of amides is 1. The number of hydrogen-bond acceptors (Lipinski definition) is 5. The van der Waals surface area contributed by atoms with Gasteiger partial charge in [0.25, 0.3) is 0 Å². The lowest BCUT2D eigenvalue weighted by molar-refractivity contribution is -0.137. The van der Waals surface area contributed by atoms with Crippen LogP contribution >= 0.6 is 0 Å². The predicted molar refractivity (Wildman–Crippen MR) is 103 cm³/mol. The summed E-state index contributed by atoms with van der Waals surface area (Å²) in [4.78, 5) is 24.2. The maximum Gasteiger partial charge on any atom is 0.225 e. The molecule has 1 atom stereocenters. The first-order chi connectivity index (χ1) is 13.2. The molecule has 0 bridgehead atoms. The number of rotatable bonds is 7. The average Bonchev–Trinajstić information content (AvgIpc) is 2.72. The van der Waals surface area contributed by atoms with E-state index in [0.717, 1.165) is 55.9 Å². The summed E-state index contributed by atoms with van der Waals surface area (Å²) in [5.74, 6) is 1.65. The fraction of sp³-hybridized carbons (Fsp3) is 0.762. The van der Waals surface area contributed by atoms with Gasteiger partial charge in [0.15, 0.2) is 0 Å². The van der Waals surface area contributed by atoms with Gasteiger partial charge in [-0.05, 0) is 32.6 Å². The highest BCUT2D eigenvalue weighted by molar-refractivity contribution is 5.79. The van der Waals surface area contributed by atoms with E-state index in [1.165, 1.54) is 19.3 Å². The van der Waals surface area contributed by atoms with E-state index in [2.05, 4.69) is 9.88 Å². The van der Waals surface area contributed by atoms with Crippen molar-refractivity contribution in [3.8, 4) is 0 Å². The zero-order valence-electron chi connectivity index (χ0n) is 16.8. The number of carbonyl (C=O) groups is 1. The number of aryl methyl sites for hydroxylation is 1. The highest BCUT2D eigenvalue weighted by Crippen LogP contribution is 2.31. The van der Waals surface area contributed by atoms with E-state index in [-0.39, 0.29) is 11.8 Å². The van der Waals surface area contributed by atoms with E-state index in [4.69, 9.17) is 14.5 Å². The third-order valence-electron chi connectivity index (χ3n) is 5.78. The molecule has 1 aromatic heterocycles. The Morgan fingerprint density at radius 1 is 1.19 bits per heavy atom. The number of piperidine rings is 1. The first-order valence-corrected chi connectivity index (χ1v) is 10.4. The summed E-state index contributed by atoms with van der Waals surface area (Å²) in [5.41, 5.74) is 2.09. The summed E-state index contributed by atoms with van der Waals surface area (Å²) in [7, 11) is 1.67. The van der Waals surface area contributed by atoms with Crippen LogP contribution in [0.3, 0.4) is 0 Å². The molecule has 150 valence electrons. The molecule has 27 heavy (non-hydrogen) atoms. The van der Waals surface area contributed by atoms with Crippen LogP contribution in [-0.2, 0) is 20.9 Å². The topological polar surface area (TPSA) is 64.6 Å². The number of nitrogens with zero attached hydrogens (tertiary/aromatic N) is 3. The lowest BCUT2D eigenvalue weighted by Crippen LogP contribution is -2.43. The summed E-state index contributed by atoms with van der Waals surface area (Å²) in [6.45, 7) is 5.21. The molecule has 1 aliphatic heterocycles. The molecule has 2 heterocycles. The van der Waals surface area contributed by atoms with Crippen molar-refractivity contribution in [3.05, 3.63) is 23.3 Å². The maximum absolute atomic E-state index is 13.0. The fourth-order valence-corrected chi connectivity index (χ4v) is 4.31. The number of ether oxygens (including phenoxy) is 2. The van der Waals surface area contributed by atoms with Gasteiger partial charge in [0.05, 0.1) is 25.5 Å². The van der Waals surface area contributed by atoms with Crippen LogP contribution in [0.25, 0.3) is 0 Å². The third-order valence-corrected chi connectivity index (χ3v) is 5.78. The van der Waals surface area contributed by atoms with Gasteiger partial charge in [-0.3, -0.25) is 4.79 Å². The average molecular weight is 376 g/mol. The Kier molecular flexibility index (Phi) is 7.59. The van der Waals surface area contributed by atoms with E-state index in [9.17, 15) is 4.79 Å². The predicted octanol–water partition coefficient (Wildman–Crippen LogP) is 3.23. The Morgan fingerprint density at radius 3 is 2.78 bits per heavy atom. The second-order valence-corrected chi connectivity index (χ2v) is 7.83. The Bertz CT molecular complexity index is 617. The molecule has 3 rings (SSSR count). The Labute approximate surface area is 162 Å². The summed E-state index contributed by atoms with van der Waals surface area (Å²) in [5, 5.41) is 0. The van der Waals surface area contributed by atoms with Gasteiger partial charge < -0.3 is 14.4 Å². The minimum absolute atomic E-state index is 0.237. The van der Waals surface area contributed by atoms with Crippen molar-refractivity contribution in [3.63, 3.8) is 0 Å². The molecule has 1 unspecified atom stereocenters. The minimum atomic E-state index is 0.237. The first-order valence-electron chi connectivity index (χ1n) is 10.4. The molecule has 1 amide bonds. The van der Waals surface area contributed by atoms with Crippen LogP contribution in [0.2, 0.25) is 0 Å². The number of aromatic nitrogens is 2. The van der Waals surface area contributed by atoms with Gasteiger partial charge in [-0.15, -0.1) is 0 Å². The SMILES string of the molecule is COCCOCc1cnc(C)nc1C1CCCN(C(=O)C2CCCCC2)C1. The Balaban J connectivity index is 1.67. The normalized spacial score (nSPS) is 21.4. The largest absolute Gasteiger partial charge is 0.382 e. The summed E-state index contributed by atoms with van der Waals surface area (Å²) < 4.78 is 10.8. The molecule has 0 aromatic carbocycles. The molecule has 1 aromatic rings. The van der Waals surface area contributed by atoms with Crippen molar-refractivity contribution in [1.82, 2.24) is 14.9 Å².